The van der Waals surface area contributed by atoms with Gasteiger partial charge in [0.15, 0.2) is 0 Å². The van der Waals surface area contributed by atoms with E-state index in [0.717, 1.165) is 6.42 Å². The highest BCUT2D eigenvalue weighted by Gasteiger charge is 2.25. The van der Waals surface area contributed by atoms with Gasteiger partial charge in [-0.05, 0) is 18.3 Å². The normalized spacial score (nSPS) is 15.9. The molecule has 0 fully saturated rings. The summed E-state index contributed by atoms with van der Waals surface area (Å²) in [7, 11) is 1.57. The van der Waals surface area contributed by atoms with Gasteiger partial charge in [-0.3, -0.25) is 9.59 Å². The van der Waals surface area contributed by atoms with Crippen molar-refractivity contribution in [2.24, 2.45) is 17.6 Å². The smallest absolute Gasteiger partial charge is 0.242 e. The third-order valence-corrected chi connectivity index (χ3v) is 3.15. The van der Waals surface area contributed by atoms with Crippen LogP contribution in [0.4, 0.5) is 0 Å². The number of carbonyl (C=O) groups excluding carboxylic acids is 2. The lowest BCUT2D eigenvalue weighted by Gasteiger charge is -2.23. The molecule has 5 nitrogen and oxygen atoms in total. The van der Waals surface area contributed by atoms with Crippen molar-refractivity contribution in [2.45, 2.75) is 52.6 Å². The standard InChI is InChI=1S/C13H27N3O2/c1-6-9(4)11(14)13(18)16-10(7-8(2)3)12(17)15-5/h8-11H,6-7,14H2,1-5H3,(H,15,17)(H,16,18)/t9-,10?,11-/m0/s1. The highest BCUT2D eigenvalue weighted by molar-refractivity contribution is 5.89. The van der Waals surface area contributed by atoms with Gasteiger partial charge in [-0.15, -0.1) is 0 Å². The Kier molecular flexibility index (Phi) is 7.59. The topological polar surface area (TPSA) is 84.2 Å². The van der Waals surface area contributed by atoms with Crippen LogP contribution >= 0.6 is 0 Å². The maximum absolute atomic E-state index is 11.9. The van der Waals surface area contributed by atoms with Crippen molar-refractivity contribution < 1.29 is 9.59 Å². The Bertz CT molecular complexity index is 279. The second-order valence-corrected chi connectivity index (χ2v) is 5.22. The van der Waals surface area contributed by atoms with Crippen LogP contribution in [0, 0.1) is 11.8 Å². The first-order valence-electron chi connectivity index (χ1n) is 6.60. The fourth-order valence-electron chi connectivity index (χ4n) is 1.66. The van der Waals surface area contributed by atoms with Crippen LogP contribution in [0.15, 0.2) is 0 Å². The van der Waals surface area contributed by atoms with Crippen molar-refractivity contribution in [3.63, 3.8) is 0 Å². The molecule has 0 saturated carbocycles. The molecular weight excluding hydrogens is 230 g/mol. The quantitative estimate of drug-likeness (QED) is 0.625. The molecule has 1 unspecified atom stereocenters. The van der Waals surface area contributed by atoms with Crippen LogP contribution in [0.3, 0.4) is 0 Å². The van der Waals surface area contributed by atoms with Crippen LogP contribution in [-0.4, -0.2) is 30.9 Å². The molecule has 0 aromatic carbocycles. The van der Waals surface area contributed by atoms with E-state index in [1.807, 2.05) is 27.7 Å². The van der Waals surface area contributed by atoms with Gasteiger partial charge in [0, 0.05) is 7.05 Å². The second kappa shape index (κ2) is 8.08. The predicted octanol–water partition coefficient (Wildman–Crippen LogP) is 0.637. The van der Waals surface area contributed by atoms with E-state index in [9.17, 15) is 9.59 Å². The summed E-state index contributed by atoms with van der Waals surface area (Å²) < 4.78 is 0. The van der Waals surface area contributed by atoms with Gasteiger partial charge in [0.05, 0.1) is 6.04 Å². The first-order valence-corrected chi connectivity index (χ1v) is 6.60. The van der Waals surface area contributed by atoms with E-state index in [0.29, 0.717) is 12.3 Å². The van der Waals surface area contributed by atoms with E-state index in [2.05, 4.69) is 10.6 Å². The second-order valence-electron chi connectivity index (χ2n) is 5.22. The van der Waals surface area contributed by atoms with E-state index in [1.54, 1.807) is 7.05 Å². The minimum absolute atomic E-state index is 0.106. The molecule has 0 aliphatic rings. The first-order chi connectivity index (χ1) is 8.33. The summed E-state index contributed by atoms with van der Waals surface area (Å²) in [5.41, 5.74) is 5.85. The van der Waals surface area contributed by atoms with Crippen LogP contribution in [0.25, 0.3) is 0 Å². The zero-order valence-electron chi connectivity index (χ0n) is 12.1. The lowest BCUT2D eigenvalue weighted by Crippen LogP contribution is -2.53. The molecule has 4 N–H and O–H groups in total. The molecule has 0 spiro atoms. The van der Waals surface area contributed by atoms with Crippen molar-refractivity contribution in [1.82, 2.24) is 10.6 Å². The van der Waals surface area contributed by atoms with Crippen molar-refractivity contribution in [3.05, 3.63) is 0 Å². The Hall–Kier alpha value is -1.10. The number of carbonyl (C=O) groups is 2. The summed E-state index contributed by atoms with van der Waals surface area (Å²) in [6, 6.07) is -1.06. The molecule has 0 aromatic heterocycles. The van der Waals surface area contributed by atoms with E-state index in [4.69, 9.17) is 5.73 Å². The Labute approximate surface area is 110 Å². The maximum atomic E-state index is 11.9. The van der Waals surface area contributed by atoms with Gasteiger partial charge in [0.2, 0.25) is 11.8 Å². The molecular formula is C13H27N3O2. The number of nitrogens with two attached hydrogens (primary N) is 1. The zero-order valence-corrected chi connectivity index (χ0v) is 12.1. The summed E-state index contributed by atoms with van der Waals surface area (Å²) in [5, 5.41) is 5.30. The van der Waals surface area contributed by atoms with Gasteiger partial charge in [-0.25, -0.2) is 0 Å². The molecule has 18 heavy (non-hydrogen) atoms. The van der Waals surface area contributed by atoms with E-state index in [1.165, 1.54) is 0 Å². The molecule has 0 saturated heterocycles. The van der Waals surface area contributed by atoms with E-state index >= 15 is 0 Å². The molecule has 3 atom stereocenters. The zero-order chi connectivity index (χ0) is 14.3. The Morgan fingerprint density at radius 1 is 1.17 bits per heavy atom. The minimum Gasteiger partial charge on any atom is -0.357 e. The molecule has 0 aliphatic carbocycles. The SMILES string of the molecule is CC[C@H](C)[C@H](N)C(=O)NC(CC(C)C)C(=O)NC. The van der Waals surface area contributed by atoms with E-state index in [-0.39, 0.29) is 17.7 Å². The number of rotatable bonds is 7. The Morgan fingerprint density at radius 3 is 2.11 bits per heavy atom. The highest BCUT2D eigenvalue weighted by atomic mass is 16.2. The minimum atomic E-state index is -0.561. The van der Waals surface area contributed by atoms with Gasteiger partial charge < -0.3 is 16.4 Å². The average Bonchev–Trinajstić information content (AvgIpc) is 2.34. The van der Waals surface area contributed by atoms with Crippen molar-refractivity contribution >= 4 is 11.8 Å². The fourth-order valence-corrected chi connectivity index (χ4v) is 1.66. The van der Waals surface area contributed by atoms with Crippen LogP contribution in [0.5, 0.6) is 0 Å². The molecule has 0 aliphatic heterocycles. The molecule has 2 amide bonds. The molecule has 0 bridgehead atoms. The highest BCUT2D eigenvalue weighted by Crippen LogP contribution is 2.08. The predicted molar refractivity (Wildman–Crippen MR) is 72.9 cm³/mol. The van der Waals surface area contributed by atoms with Crippen molar-refractivity contribution in [3.8, 4) is 0 Å². The summed E-state index contributed by atoms with van der Waals surface area (Å²) in [4.78, 5) is 23.6. The fraction of sp³-hybridized carbons (Fsp3) is 0.846. The molecule has 106 valence electrons. The summed E-state index contributed by atoms with van der Waals surface area (Å²) in [6.07, 6.45) is 1.45. The number of likely N-dealkylation sites (N-methyl/N-ethyl adjacent to an activating group) is 1. The number of hydrogen-bond donors (Lipinski definition) is 3. The van der Waals surface area contributed by atoms with Crippen LogP contribution < -0.4 is 16.4 Å². The number of amides is 2. The number of hydrogen-bond acceptors (Lipinski definition) is 3. The van der Waals surface area contributed by atoms with Crippen molar-refractivity contribution in [1.29, 1.82) is 0 Å². The van der Waals surface area contributed by atoms with Crippen LogP contribution in [-0.2, 0) is 9.59 Å². The maximum Gasteiger partial charge on any atom is 0.242 e. The average molecular weight is 257 g/mol. The summed E-state index contributed by atoms with van der Waals surface area (Å²) in [5.74, 6) is 0.00816. The third-order valence-electron chi connectivity index (χ3n) is 3.15. The number of nitrogens with one attached hydrogen (secondary N) is 2. The van der Waals surface area contributed by atoms with Crippen LogP contribution in [0.1, 0.15) is 40.5 Å². The lowest BCUT2D eigenvalue weighted by molar-refractivity contribution is -0.130. The molecule has 0 rings (SSSR count). The van der Waals surface area contributed by atoms with Gasteiger partial charge in [0.25, 0.3) is 0 Å². The summed E-state index contributed by atoms with van der Waals surface area (Å²) >= 11 is 0. The monoisotopic (exact) mass is 257 g/mol. The first kappa shape index (κ1) is 16.9. The van der Waals surface area contributed by atoms with Gasteiger partial charge in [0.1, 0.15) is 6.04 Å². The van der Waals surface area contributed by atoms with Crippen molar-refractivity contribution in [2.75, 3.05) is 7.05 Å². The summed E-state index contributed by atoms with van der Waals surface area (Å²) in [6.45, 7) is 7.94. The Morgan fingerprint density at radius 2 is 1.72 bits per heavy atom. The molecule has 0 heterocycles. The van der Waals surface area contributed by atoms with E-state index < -0.39 is 12.1 Å². The Balaban J connectivity index is 4.57. The molecule has 0 radical (unpaired) electrons. The third kappa shape index (κ3) is 5.49. The van der Waals surface area contributed by atoms with Gasteiger partial charge >= 0.3 is 0 Å². The largest absolute Gasteiger partial charge is 0.357 e. The molecule has 0 aromatic rings. The van der Waals surface area contributed by atoms with Crippen LogP contribution in [0.2, 0.25) is 0 Å². The van der Waals surface area contributed by atoms with Gasteiger partial charge in [-0.1, -0.05) is 34.1 Å². The molecule has 5 heteroatoms. The van der Waals surface area contributed by atoms with Gasteiger partial charge in [-0.2, -0.15) is 0 Å². The lowest BCUT2D eigenvalue weighted by atomic mass is 9.98.